The second-order valence-corrected chi connectivity index (χ2v) is 3.32. The number of alkyl halides is 1. The van der Waals surface area contributed by atoms with Gasteiger partial charge in [0.25, 0.3) is 0 Å². The molecule has 5 heteroatoms. The van der Waals surface area contributed by atoms with E-state index in [0.29, 0.717) is 5.56 Å². The predicted molar refractivity (Wildman–Crippen MR) is 58.7 cm³/mol. The van der Waals surface area contributed by atoms with Crippen LogP contribution in [0.2, 0.25) is 0 Å². The van der Waals surface area contributed by atoms with Gasteiger partial charge in [0.05, 0.1) is 14.2 Å². The van der Waals surface area contributed by atoms with Gasteiger partial charge in [0.1, 0.15) is 6.17 Å². The summed E-state index contributed by atoms with van der Waals surface area (Å²) >= 11 is 0. The number of phenolic OH excluding ortho intramolecular Hbond substituents is 1. The molecule has 90 valence electrons. The van der Waals surface area contributed by atoms with E-state index in [9.17, 15) is 9.50 Å². The minimum absolute atomic E-state index is 0.131. The Balaban J connectivity index is 3.11. The third kappa shape index (κ3) is 2.55. The molecule has 0 aromatic heterocycles. The van der Waals surface area contributed by atoms with Crippen molar-refractivity contribution in [1.82, 2.24) is 0 Å². The van der Waals surface area contributed by atoms with Crippen LogP contribution in [0.25, 0.3) is 0 Å². The SMILES string of the molecule is COc1cc(C(F)CCN)cc(OC)c1O. The van der Waals surface area contributed by atoms with Gasteiger partial charge in [-0.05, 0) is 30.7 Å². The maximum atomic E-state index is 13.6. The van der Waals surface area contributed by atoms with Crippen molar-refractivity contribution in [1.29, 1.82) is 0 Å². The van der Waals surface area contributed by atoms with Crippen molar-refractivity contribution < 1.29 is 19.0 Å². The van der Waals surface area contributed by atoms with Crippen LogP contribution in [-0.2, 0) is 0 Å². The first-order chi connectivity index (χ1) is 7.63. The topological polar surface area (TPSA) is 64.7 Å². The third-order valence-corrected chi connectivity index (χ3v) is 2.28. The van der Waals surface area contributed by atoms with E-state index in [1.807, 2.05) is 0 Å². The molecule has 0 saturated carbocycles. The van der Waals surface area contributed by atoms with E-state index in [2.05, 4.69) is 0 Å². The third-order valence-electron chi connectivity index (χ3n) is 2.28. The number of methoxy groups -OCH3 is 2. The van der Waals surface area contributed by atoms with Gasteiger partial charge in [-0.25, -0.2) is 4.39 Å². The van der Waals surface area contributed by atoms with E-state index < -0.39 is 6.17 Å². The zero-order valence-electron chi connectivity index (χ0n) is 9.37. The van der Waals surface area contributed by atoms with Crippen molar-refractivity contribution >= 4 is 0 Å². The van der Waals surface area contributed by atoms with Crippen LogP contribution in [0.5, 0.6) is 17.2 Å². The van der Waals surface area contributed by atoms with Crippen LogP contribution in [0.4, 0.5) is 4.39 Å². The normalized spacial score (nSPS) is 12.2. The largest absolute Gasteiger partial charge is 0.502 e. The Hall–Kier alpha value is -1.49. The summed E-state index contributed by atoms with van der Waals surface area (Å²) in [6, 6.07) is 2.89. The molecular formula is C11H16FNO3. The molecule has 0 aliphatic rings. The van der Waals surface area contributed by atoms with Crippen LogP contribution in [-0.4, -0.2) is 25.9 Å². The van der Waals surface area contributed by atoms with Crippen molar-refractivity contribution in [2.75, 3.05) is 20.8 Å². The van der Waals surface area contributed by atoms with Crippen molar-refractivity contribution in [3.8, 4) is 17.2 Å². The molecule has 0 heterocycles. The Labute approximate surface area is 93.8 Å². The van der Waals surface area contributed by atoms with Crippen LogP contribution in [0, 0.1) is 0 Å². The fourth-order valence-corrected chi connectivity index (χ4v) is 1.41. The summed E-state index contributed by atoms with van der Waals surface area (Å²) in [5.74, 6) is 0.247. The lowest BCUT2D eigenvalue weighted by Gasteiger charge is -2.13. The summed E-state index contributed by atoms with van der Waals surface area (Å²) in [5.41, 5.74) is 5.67. The van der Waals surface area contributed by atoms with Crippen LogP contribution in [0.15, 0.2) is 12.1 Å². The molecule has 0 bridgehead atoms. The molecule has 1 aromatic rings. The van der Waals surface area contributed by atoms with E-state index in [4.69, 9.17) is 15.2 Å². The van der Waals surface area contributed by atoms with E-state index in [-0.39, 0.29) is 30.2 Å². The molecule has 0 radical (unpaired) electrons. The first kappa shape index (κ1) is 12.6. The number of hydrogen-bond acceptors (Lipinski definition) is 4. The minimum atomic E-state index is -1.19. The number of benzene rings is 1. The molecule has 0 aliphatic carbocycles. The van der Waals surface area contributed by atoms with Gasteiger partial charge in [0.15, 0.2) is 11.5 Å². The molecule has 0 saturated heterocycles. The highest BCUT2D eigenvalue weighted by atomic mass is 19.1. The Bertz CT molecular complexity index is 332. The summed E-state index contributed by atoms with van der Waals surface area (Å²) in [4.78, 5) is 0. The minimum Gasteiger partial charge on any atom is -0.502 e. The molecular weight excluding hydrogens is 213 g/mol. The second-order valence-electron chi connectivity index (χ2n) is 3.32. The Morgan fingerprint density at radius 2 is 1.81 bits per heavy atom. The number of halogens is 1. The van der Waals surface area contributed by atoms with Gasteiger partial charge in [-0.15, -0.1) is 0 Å². The summed E-state index contributed by atoms with van der Waals surface area (Å²) in [6.45, 7) is 0.257. The average molecular weight is 229 g/mol. The zero-order chi connectivity index (χ0) is 12.1. The number of ether oxygens (including phenoxy) is 2. The monoisotopic (exact) mass is 229 g/mol. The molecule has 0 fully saturated rings. The molecule has 0 aliphatic heterocycles. The fraction of sp³-hybridized carbons (Fsp3) is 0.455. The molecule has 0 spiro atoms. The summed E-state index contributed by atoms with van der Waals surface area (Å²) in [7, 11) is 2.79. The van der Waals surface area contributed by atoms with Crippen LogP contribution in [0.1, 0.15) is 18.2 Å². The van der Waals surface area contributed by atoms with Gasteiger partial charge in [0.2, 0.25) is 5.75 Å². The first-order valence-electron chi connectivity index (χ1n) is 4.93. The predicted octanol–water partition coefficient (Wildman–Crippen LogP) is 1.77. The van der Waals surface area contributed by atoms with Crippen LogP contribution >= 0.6 is 0 Å². The smallest absolute Gasteiger partial charge is 0.200 e. The van der Waals surface area contributed by atoms with Crippen molar-refractivity contribution in [3.05, 3.63) is 17.7 Å². The second kappa shape index (κ2) is 5.55. The lowest BCUT2D eigenvalue weighted by Crippen LogP contribution is -2.04. The van der Waals surface area contributed by atoms with E-state index in [0.717, 1.165) is 0 Å². The molecule has 1 unspecified atom stereocenters. The Morgan fingerprint density at radius 3 is 2.19 bits per heavy atom. The summed E-state index contributed by atoms with van der Waals surface area (Å²) in [5, 5.41) is 9.63. The van der Waals surface area contributed by atoms with Gasteiger partial charge < -0.3 is 20.3 Å². The number of aromatic hydroxyl groups is 1. The number of hydrogen-bond donors (Lipinski definition) is 2. The zero-order valence-corrected chi connectivity index (χ0v) is 9.37. The number of rotatable bonds is 5. The maximum absolute atomic E-state index is 13.6. The highest BCUT2D eigenvalue weighted by Gasteiger charge is 2.16. The lowest BCUT2D eigenvalue weighted by atomic mass is 10.1. The fourth-order valence-electron chi connectivity index (χ4n) is 1.41. The average Bonchev–Trinajstić information content (AvgIpc) is 2.29. The number of phenols is 1. The molecule has 1 aromatic carbocycles. The summed E-state index contributed by atoms with van der Waals surface area (Å²) in [6.07, 6.45) is -0.967. The van der Waals surface area contributed by atoms with Crippen molar-refractivity contribution in [3.63, 3.8) is 0 Å². The molecule has 1 atom stereocenters. The highest BCUT2D eigenvalue weighted by Crippen LogP contribution is 2.39. The molecule has 16 heavy (non-hydrogen) atoms. The molecule has 0 amide bonds. The molecule has 3 N–H and O–H groups in total. The standard InChI is InChI=1S/C11H16FNO3/c1-15-9-5-7(8(12)3-4-13)6-10(16-2)11(9)14/h5-6,8,14H,3-4,13H2,1-2H3. The number of nitrogens with two attached hydrogens (primary N) is 1. The molecule has 1 rings (SSSR count). The quantitative estimate of drug-likeness (QED) is 0.807. The Kier molecular flexibility index (Phi) is 4.37. The van der Waals surface area contributed by atoms with Crippen LogP contribution < -0.4 is 15.2 Å². The van der Waals surface area contributed by atoms with Gasteiger partial charge in [-0.3, -0.25) is 0 Å². The van der Waals surface area contributed by atoms with Crippen molar-refractivity contribution in [2.45, 2.75) is 12.6 Å². The Morgan fingerprint density at radius 1 is 1.31 bits per heavy atom. The van der Waals surface area contributed by atoms with Gasteiger partial charge in [-0.1, -0.05) is 0 Å². The van der Waals surface area contributed by atoms with E-state index in [1.165, 1.54) is 26.4 Å². The van der Waals surface area contributed by atoms with E-state index in [1.54, 1.807) is 0 Å². The van der Waals surface area contributed by atoms with Gasteiger partial charge >= 0.3 is 0 Å². The van der Waals surface area contributed by atoms with Crippen molar-refractivity contribution in [2.24, 2.45) is 5.73 Å². The summed E-state index contributed by atoms with van der Waals surface area (Å²) < 4.78 is 23.5. The first-order valence-corrected chi connectivity index (χ1v) is 4.93. The van der Waals surface area contributed by atoms with Gasteiger partial charge in [0, 0.05) is 0 Å². The molecule has 4 nitrogen and oxygen atoms in total. The van der Waals surface area contributed by atoms with E-state index >= 15 is 0 Å². The lowest BCUT2D eigenvalue weighted by molar-refractivity contribution is 0.314. The van der Waals surface area contributed by atoms with Crippen LogP contribution in [0.3, 0.4) is 0 Å². The maximum Gasteiger partial charge on any atom is 0.200 e. The highest BCUT2D eigenvalue weighted by molar-refractivity contribution is 5.53. The van der Waals surface area contributed by atoms with Gasteiger partial charge in [-0.2, -0.15) is 0 Å².